The molecular formula is C32H27N9. The molecule has 9 heteroatoms. The van der Waals surface area contributed by atoms with Gasteiger partial charge >= 0.3 is 0 Å². The Kier molecular flexibility index (Phi) is 6.76. The van der Waals surface area contributed by atoms with Crippen molar-refractivity contribution in [1.82, 2.24) is 44.9 Å². The summed E-state index contributed by atoms with van der Waals surface area (Å²) >= 11 is 0. The molecule has 3 aromatic carbocycles. The molecular weight excluding hydrogens is 510 g/mol. The largest absolute Gasteiger partial charge is 0.219 e. The van der Waals surface area contributed by atoms with Crippen molar-refractivity contribution in [3.63, 3.8) is 0 Å². The fourth-order valence-electron chi connectivity index (χ4n) is 4.75. The molecule has 0 atom stereocenters. The zero-order chi connectivity index (χ0) is 28.5. The van der Waals surface area contributed by atoms with Crippen molar-refractivity contribution in [2.45, 2.75) is 34.6 Å². The predicted molar refractivity (Wildman–Crippen MR) is 157 cm³/mol. The van der Waals surface area contributed by atoms with Gasteiger partial charge < -0.3 is 0 Å². The molecule has 200 valence electrons. The molecule has 9 nitrogen and oxygen atoms in total. The second kappa shape index (κ2) is 10.7. The summed E-state index contributed by atoms with van der Waals surface area (Å²) in [6, 6.07) is 24.2. The normalized spacial score (nSPS) is 11.0. The first kappa shape index (κ1) is 25.9. The van der Waals surface area contributed by atoms with Crippen LogP contribution < -0.4 is 0 Å². The minimum absolute atomic E-state index is 0.575. The van der Waals surface area contributed by atoms with Gasteiger partial charge in [-0.1, -0.05) is 54.6 Å². The van der Waals surface area contributed by atoms with Gasteiger partial charge in [-0.25, -0.2) is 44.9 Å². The standard InChI is InChI=1S/C32H27N9/c1-18-33-19(2)36-29(35-18)24-12-9-13-25(16-24)30-37-22(5)38-31(41-30)26-14-15-27(32-39-20(3)34-21(4)40-32)28(17-26)23-10-7-6-8-11-23/h6-17H,1-5H3. The molecule has 0 saturated heterocycles. The van der Waals surface area contributed by atoms with Gasteiger partial charge in [-0.3, -0.25) is 0 Å². The van der Waals surface area contributed by atoms with E-state index in [1.165, 1.54) is 0 Å². The van der Waals surface area contributed by atoms with Crippen molar-refractivity contribution in [2.24, 2.45) is 0 Å². The zero-order valence-electron chi connectivity index (χ0n) is 23.5. The van der Waals surface area contributed by atoms with Gasteiger partial charge in [-0.15, -0.1) is 0 Å². The van der Waals surface area contributed by atoms with Crippen LogP contribution in [0.3, 0.4) is 0 Å². The number of nitrogens with zero attached hydrogens (tertiary/aromatic N) is 9. The van der Waals surface area contributed by atoms with Crippen molar-refractivity contribution < 1.29 is 0 Å². The first-order valence-electron chi connectivity index (χ1n) is 13.2. The van der Waals surface area contributed by atoms with Crippen LogP contribution in [0.4, 0.5) is 0 Å². The van der Waals surface area contributed by atoms with Crippen LogP contribution >= 0.6 is 0 Å². The third kappa shape index (κ3) is 5.56. The molecule has 41 heavy (non-hydrogen) atoms. The lowest BCUT2D eigenvalue weighted by Gasteiger charge is -2.13. The third-order valence-corrected chi connectivity index (χ3v) is 6.45. The van der Waals surface area contributed by atoms with Crippen LogP contribution in [0.2, 0.25) is 0 Å². The zero-order valence-corrected chi connectivity index (χ0v) is 23.5. The van der Waals surface area contributed by atoms with Crippen LogP contribution in [0.15, 0.2) is 72.8 Å². The molecule has 0 spiro atoms. The number of benzene rings is 3. The van der Waals surface area contributed by atoms with E-state index in [0.717, 1.165) is 33.4 Å². The Morgan fingerprint density at radius 1 is 0.317 bits per heavy atom. The van der Waals surface area contributed by atoms with E-state index in [-0.39, 0.29) is 0 Å². The Morgan fingerprint density at radius 2 is 0.756 bits per heavy atom. The van der Waals surface area contributed by atoms with Crippen LogP contribution in [0.25, 0.3) is 56.7 Å². The fourth-order valence-corrected chi connectivity index (χ4v) is 4.75. The summed E-state index contributed by atoms with van der Waals surface area (Å²) in [5.41, 5.74) is 5.52. The fraction of sp³-hybridized carbons (Fsp3) is 0.156. The van der Waals surface area contributed by atoms with Gasteiger partial charge in [0.15, 0.2) is 23.3 Å². The van der Waals surface area contributed by atoms with Gasteiger partial charge in [-0.05, 0) is 63.9 Å². The van der Waals surface area contributed by atoms with Crippen molar-refractivity contribution in [3.05, 3.63) is 102 Å². The quantitative estimate of drug-likeness (QED) is 0.256. The first-order valence-corrected chi connectivity index (χ1v) is 13.2. The number of hydrogen-bond acceptors (Lipinski definition) is 9. The molecule has 0 radical (unpaired) electrons. The lowest BCUT2D eigenvalue weighted by Crippen LogP contribution is -2.02. The number of rotatable bonds is 5. The van der Waals surface area contributed by atoms with Gasteiger partial charge in [-0.2, -0.15) is 0 Å². The molecule has 0 aliphatic rings. The van der Waals surface area contributed by atoms with E-state index < -0.39 is 0 Å². The smallest absolute Gasteiger partial charge is 0.163 e. The van der Waals surface area contributed by atoms with Crippen LogP contribution in [-0.4, -0.2) is 44.9 Å². The Balaban J connectivity index is 1.46. The lowest BCUT2D eigenvalue weighted by atomic mass is 9.96. The van der Waals surface area contributed by atoms with E-state index in [0.29, 0.717) is 52.4 Å². The summed E-state index contributed by atoms with van der Waals surface area (Å²) in [4.78, 5) is 41.2. The highest BCUT2D eigenvalue weighted by Crippen LogP contribution is 2.34. The molecule has 0 unspecified atom stereocenters. The van der Waals surface area contributed by atoms with E-state index in [4.69, 9.17) is 9.97 Å². The van der Waals surface area contributed by atoms with E-state index in [1.54, 1.807) is 0 Å². The monoisotopic (exact) mass is 537 g/mol. The van der Waals surface area contributed by atoms with Crippen LogP contribution in [0.1, 0.15) is 29.1 Å². The van der Waals surface area contributed by atoms with Crippen molar-refractivity contribution in [1.29, 1.82) is 0 Å². The average Bonchev–Trinajstić information content (AvgIpc) is 2.96. The summed E-state index contributed by atoms with van der Waals surface area (Å²) in [7, 11) is 0. The third-order valence-electron chi connectivity index (χ3n) is 6.45. The summed E-state index contributed by atoms with van der Waals surface area (Å²) in [6.45, 7) is 9.35. The highest BCUT2D eigenvalue weighted by molar-refractivity contribution is 5.84. The minimum atomic E-state index is 0.575. The molecule has 0 amide bonds. The molecule has 0 fully saturated rings. The molecule has 0 aliphatic carbocycles. The minimum Gasteiger partial charge on any atom is -0.219 e. The molecule has 3 heterocycles. The van der Waals surface area contributed by atoms with Crippen LogP contribution in [-0.2, 0) is 0 Å². The van der Waals surface area contributed by atoms with E-state index >= 15 is 0 Å². The van der Waals surface area contributed by atoms with Gasteiger partial charge in [0, 0.05) is 22.3 Å². The Labute approximate surface area is 238 Å². The second-order valence-corrected chi connectivity index (χ2v) is 9.74. The van der Waals surface area contributed by atoms with Gasteiger partial charge in [0.05, 0.1) is 0 Å². The van der Waals surface area contributed by atoms with E-state index in [1.807, 2.05) is 89.2 Å². The second-order valence-electron chi connectivity index (χ2n) is 9.74. The maximum atomic E-state index is 4.89. The van der Waals surface area contributed by atoms with Crippen LogP contribution in [0, 0.1) is 34.6 Å². The van der Waals surface area contributed by atoms with Crippen LogP contribution in [0.5, 0.6) is 0 Å². The van der Waals surface area contributed by atoms with Crippen molar-refractivity contribution in [3.8, 4) is 56.7 Å². The lowest BCUT2D eigenvalue weighted by molar-refractivity contribution is 0.928. The maximum Gasteiger partial charge on any atom is 0.163 e. The molecule has 0 bridgehead atoms. The molecule has 3 aromatic heterocycles. The summed E-state index contributed by atoms with van der Waals surface area (Å²) in [6.07, 6.45) is 0. The van der Waals surface area contributed by atoms with E-state index in [2.05, 4.69) is 53.1 Å². The van der Waals surface area contributed by atoms with E-state index in [9.17, 15) is 0 Å². The molecule has 0 N–H and O–H groups in total. The number of hydrogen-bond donors (Lipinski definition) is 0. The topological polar surface area (TPSA) is 116 Å². The average molecular weight is 538 g/mol. The van der Waals surface area contributed by atoms with Gasteiger partial charge in [0.1, 0.15) is 29.1 Å². The SMILES string of the molecule is Cc1nc(C)nc(-c2cccc(-c3nc(C)nc(-c4ccc(-c5nc(C)nc(C)n5)c(-c5ccccc5)c4)n3)c2)n1. The summed E-state index contributed by atoms with van der Waals surface area (Å²) in [5.74, 6) is 5.74. The highest BCUT2D eigenvalue weighted by Gasteiger charge is 2.16. The first-order chi connectivity index (χ1) is 19.8. The van der Waals surface area contributed by atoms with Gasteiger partial charge in [0.25, 0.3) is 0 Å². The Morgan fingerprint density at radius 3 is 1.32 bits per heavy atom. The highest BCUT2D eigenvalue weighted by atomic mass is 15.0. The van der Waals surface area contributed by atoms with Gasteiger partial charge in [0.2, 0.25) is 0 Å². The molecule has 6 aromatic rings. The summed E-state index contributed by atoms with van der Waals surface area (Å²) < 4.78 is 0. The predicted octanol–water partition coefficient (Wildman–Crippen LogP) is 6.12. The Bertz CT molecular complexity index is 1860. The van der Waals surface area contributed by atoms with Crippen molar-refractivity contribution in [2.75, 3.05) is 0 Å². The summed E-state index contributed by atoms with van der Waals surface area (Å²) in [5, 5.41) is 0. The van der Waals surface area contributed by atoms with Crippen molar-refractivity contribution >= 4 is 0 Å². The number of aromatic nitrogens is 9. The maximum absolute atomic E-state index is 4.89. The number of aryl methyl sites for hydroxylation is 5. The molecule has 0 aliphatic heterocycles. The molecule has 6 rings (SSSR count). The molecule has 0 saturated carbocycles. The Hall–Kier alpha value is -5.31.